The minimum Gasteiger partial charge on any atom is -0.290 e. The highest BCUT2D eigenvalue weighted by atomic mass is 19.4. The number of aromatic nitrogens is 3. The summed E-state index contributed by atoms with van der Waals surface area (Å²) in [7, 11) is 0. The van der Waals surface area contributed by atoms with E-state index in [4.69, 9.17) is 5.84 Å². The van der Waals surface area contributed by atoms with Crippen molar-refractivity contribution < 1.29 is 18.0 Å². The van der Waals surface area contributed by atoms with Crippen LogP contribution in [0.1, 0.15) is 35.6 Å². The molecule has 1 amide bonds. The fourth-order valence-corrected chi connectivity index (χ4v) is 4.33. The van der Waals surface area contributed by atoms with Crippen molar-refractivity contribution >= 4 is 17.7 Å². The van der Waals surface area contributed by atoms with E-state index in [1.165, 1.54) is 11.0 Å². The number of halogens is 3. The van der Waals surface area contributed by atoms with Gasteiger partial charge in [-0.1, -0.05) is 6.07 Å². The van der Waals surface area contributed by atoms with E-state index in [-0.39, 0.29) is 6.54 Å². The van der Waals surface area contributed by atoms with Crippen molar-refractivity contribution in [3.05, 3.63) is 71.8 Å². The van der Waals surface area contributed by atoms with Gasteiger partial charge in [0.05, 0.1) is 24.5 Å². The molecule has 3 heterocycles. The molecule has 0 unspecified atom stereocenters. The second kappa shape index (κ2) is 9.27. The Kier molecular flexibility index (Phi) is 6.16. The van der Waals surface area contributed by atoms with Crippen LogP contribution in [0.3, 0.4) is 0 Å². The maximum Gasteiger partial charge on any atom is 0.401 e. The van der Waals surface area contributed by atoms with E-state index in [1.807, 2.05) is 23.0 Å². The summed E-state index contributed by atoms with van der Waals surface area (Å²) < 4.78 is 40.4. The molecule has 10 heteroatoms. The van der Waals surface area contributed by atoms with E-state index >= 15 is 0 Å². The number of hydrogen-bond acceptors (Lipinski definition) is 5. The molecular weight excluding hydrogens is 457 g/mol. The number of fused-ring (bicyclic) bond motifs is 1. The van der Waals surface area contributed by atoms with Crippen LogP contribution in [0.5, 0.6) is 0 Å². The standard InChI is InChI=1S/C25H25F3N6O/c26-25(27,28)16-32-10-8-17-1-3-22(11-19(17)14-32)34(29)24(35)6-2-18-12-30-9-7-23(18)20-13-31-33(15-20)21-4-5-21/h1-3,6-7,9,11-13,15,21H,4-5,8,10,14,16,29H2/b6-2+. The smallest absolute Gasteiger partial charge is 0.290 e. The van der Waals surface area contributed by atoms with Gasteiger partial charge in [-0.15, -0.1) is 0 Å². The third kappa shape index (κ3) is 5.44. The molecule has 0 radical (unpaired) electrons. The van der Waals surface area contributed by atoms with E-state index in [9.17, 15) is 18.0 Å². The number of hydrogen-bond donors (Lipinski definition) is 1. The number of hydrazine groups is 1. The van der Waals surface area contributed by atoms with Crippen LogP contribution in [0.15, 0.2) is 55.1 Å². The first kappa shape index (κ1) is 23.3. The zero-order valence-corrected chi connectivity index (χ0v) is 18.9. The molecule has 7 nitrogen and oxygen atoms in total. The van der Waals surface area contributed by atoms with E-state index in [0.717, 1.165) is 45.7 Å². The second-order valence-electron chi connectivity index (χ2n) is 8.97. The average molecular weight is 483 g/mol. The van der Waals surface area contributed by atoms with Crippen LogP contribution >= 0.6 is 0 Å². The minimum absolute atomic E-state index is 0.161. The zero-order valence-electron chi connectivity index (χ0n) is 18.9. The number of nitrogens with zero attached hydrogens (tertiary/aromatic N) is 5. The average Bonchev–Trinajstić information content (AvgIpc) is 3.57. The number of rotatable bonds is 6. The number of benzene rings is 1. The Morgan fingerprint density at radius 1 is 1.20 bits per heavy atom. The predicted molar refractivity (Wildman–Crippen MR) is 126 cm³/mol. The van der Waals surface area contributed by atoms with Crippen LogP contribution < -0.4 is 10.9 Å². The topological polar surface area (TPSA) is 80.3 Å². The molecule has 1 aliphatic heterocycles. The number of carbonyl (C=O) groups is 1. The van der Waals surface area contributed by atoms with Gasteiger partial charge in [0.1, 0.15) is 0 Å². The molecule has 0 saturated heterocycles. The maximum atomic E-state index is 12.8. The predicted octanol–water partition coefficient (Wildman–Crippen LogP) is 4.12. The van der Waals surface area contributed by atoms with Gasteiger partial charge in [0, 0.05) is 48.9 Å². The number of pyridine rings is 1. The van der Waals surface area contributed by atoms with Crippen LogP contribution in [0, 0.1) is 0 Å². The molecule has 5 rings (SSSR count). The zero-order chi connectivity index (χ0) is 24.6. The molecule has 1 aromatic carbocycles. The fraction of sp³-hybridized carbons (Fsp3) is 0.320. The molecule has 2 aromatic heterocycles. The lowest BCUT2D eigenvalue weighted by Crippen LogP contribution is -2.39. The third-order valence-corrected chi connectivity index (χ3v) is 6.29. The molecule has 35 heavy (non-hydrogen) atoms. The molecule has 182 valence electrons. The minimum atomic E-state index is -4.25. The number of amides is 1. The normalized spacial score (nSPS) is 16.5. The van der Waals surface area contributed by atoms with E-state index in [0.29, 0.717) is 24.7 Å². The van der Waals surface area contributed by atoms with Gasteiger partial charge in [0.15, 0.2) is 0 Å². The summed E-state index contributed by atoms with van der Waals surface area (Å²) in [5, 5.41) is 5.43. The Bertz CT molecular complexity index is 1260. The first-order valence-corrected chi connectivity index (χ1v) is 11.4. The van der Waals surface area contributed by atoms with Crippen LogP contribution in [0.4, 0.5) is 18.9 Å². The van der Waals surface area contributed by atoms with Gasteiger partial charge in [-0.2, -0.15) is 18.3 Å². The van der Waals surface area contributed by atoms with Crippen molar-refractivity contribution in [3.63, 3.8) is 0 Å². The molecule has 1 fully saturated rings. The monoisotopic (exact) mass is 482 g/mol. The number of nitrogens with two attached hydrogens (primary N) is 1. The lowest BCUT2D eigenvalue weighted by Gasteiger charge is -2.30. The van der Waals surface area contributed by atoms with Gasteiger partial charge in [0.2, 0.25) is 0 Å². The van der Waals surface area contributed by atoms with Crippen LogP contribution in [0.25, 0.3) is 17.2 Å². The highest BCUT2D eigenvalue weighted by Gasteiger charge is 2.32. The third-order valence-electron chi connectivity index (χ3n) is 6.29. The molecule has 3 aromatic rings. The Morgan fingerprint density at radius 2 is 2.03 bits per heavy atom. The summed E-state index contributed by atoms with van der Waals surface area (Å²) in [5.74, 6) is 5.61. The Hall–Kier alpha value is -3.50. The Morgan fingerprint density at radius 3 is 2.80 bits per heavy atom. The first-order valence-electron chi connectivity index (χ1n) is 11.4. The molecule has 0 spiro atoms. The molecule has 1 saturated carbocycles. The summed E-state index contributed by atoms with van der Waals surface area (Å²) in [4.78, 5) is 18.3. The molecule has 1 aliphatic carbocycles. The van der Waals surface area contributed by atoms with Gasteiger partial charge in [0.25, 0.3) is 5.91 Å². The fourth-order valence-electron chi connectivity index (χ4n) is 4.33. The van der Waals surface area contributed by atoms with Crippen molar-refractivity contribution in [2.24, 2.45) is 5.84 Å². The highest BCUT2D eigenvalue weighted by Crippen LogP contribution is 2.35. The van der Waals surface area contributed by atoms with Crippen LogP contribution in [0.2, 0.25) is 0 Å². The number of carbonyl (C=O) groups excluding carboxylic acids is 1. The lowest BCUT2D eigenvalue weighted by atomic mass is 9.99. The molecular formula is C25H25F3N6O. The van der Waals surface area contributed by atoms with E-state index in [2.05, 4.69) is 10.1 Å². The summed E-state index contributed by atoms with van der Waals surface area (Å²) in [6, 6.07) is 7.56. The first-order chi connectivity index (χ1) is 16.8. The Balaban J connectivity index is 1.30. The quantitative estimate of drug-likeness (QED) is 0.248. The van der Waals surface area contributed by atoms with Gasteiger partial charge in [-0.3, -0.25) is 19.4 Å². The summed E-state index contributed by atoms with van der Waals surface area (Å²) in [6.45, 7) is -0.460. The SMILES string of the molecule is NN(C(=O)/C=C/c1cnccc1-c1cnn(C2CC2)c1)c1ccc2c(c1)CN(CC(F)(F)F)CC2. The number of anilines is 1. The van der Waals surface area contributed by atoms with Crippen LogP contribution in [-0.4, -0.2) is 44.8 Å². The number of alkyl halides is 3. The van der Waals surface area contributed by atoms with Crippen molar-refractivity contribution in [2.45, 2.75) is 38.0 Å². The second-order valence-corrected chi connectivity index (χ2v) is 8.97. The molecule has 2 aliphatic rings. The van der Waals surface area contributed by atoms with Crippen LogP contribution in [-0.2, 0) is 17.8 Å². The maximum absolute atomic E-state index is 12.8. The summed E-state index contributed by atoms with van der Waals surface area (Å²) in [5.41, 5.74) is 4.72. The lowest BCUT2D eigenvalue weighted by molar-refractivity contribution is -0.147. The summed E-state index contributed by atoms with van der Waals surface area (Å²) >= 11 is 0. The van der Waals surface area contributed by atoms with Crippen molar-refractivity contribution in [1.29, 1.82) is 0 Å². The largest absolute Gasteiger partial charge is 0.401 e. The van der Waals surface area contributed by atoms with Gasteiger partial charge < -0.3 is 0 Å². The highest BCUT2D eigenvalue weighted by molar-refractivity contribution is 6.03. The summed E-state index contributed by atoms with van der Waals surface area (Å²) in [6.07, 6.45) is 8.71. The molecule has 2 N–H and O–H groups in total. The van der Waals surface area contributed by atoms with Gasteiger partial charge in [-0.25, -0.2) is 10.9 Å². The van der Waals surface area contributed by atoms with E-state index in [1.54, 1.807) is 36.8 Å². The molecule has 0 atom stereocenters. The Labute approximate surface area is 200 Å². The van der Waals surface area contributed by atoms with Crippen molar-refractivity contribution in [3.8, 4) is 11.1 Å². The molecule has 0 bridgehead atoms. The van der Waals surface area contributed by atoms with E-state index < -0.39 is 18.6 Å². The van der Waals surface area contributed by atoms with Crippen molar-refractivity contribution in [2.75, 3.05) is 18.1 Å². The van der Waals surface area contributed by atoms with Crippen molar-refractivity contribution in [1.82, 2.24) is 19.7 Å². The van der Waals surface area contributed by atoms with Gasteiger partial charge in [-0.05, 0) is 60.2 Å². The van der Waals surface area contributed by atoms with Gasteiger partial charge >= 0.3 is 6.18 Å².